The second-order valence-corrected chi connectivity index (χ2v) is 4.49. The van der Waals surface area contributed by atoms with E-state index in [0.29, 0.717) is 5.75 Å². The molecule has 22 heavy (non-hydrogen) atoms. The number of aliphatic imine (C=N–C) groups is 1. The summed E-state index contributed by atoms with van der Waals surface area (Å²) in [5.74, 6) is 0.606. The standard InChI is InChI=1S/C17H12N4O/c18-12-20-17(22-16-4-2-1-3-5-16)21-15-7-6-14-11-19-9-8-13(14)10-15/h1-11H,(H,20,21). The minimum atomic E-state index is 0.127. The summed E-state index contributed by atoms with van der Waals surface area (Å²) in [5, 5.41) is 13.9. The third-order valence-corrected chi connectivity index (χ3v) is 3.00. The largest absolute Gasteiger partial charge is 0.425 e. The fourth-order valence-corrected chi connectivity index (χ4v) is 2.01. The summed E-state index contributed by atoms with van der Waals surface area (Å²) in [6, 6.07) is 17.0. The molecule has 106 valence electrons. The van der Waals surface area contributed by atoms with Crippen LogP contribution in [0.5, 0.6) is 5.75 Å². The number of amidine groups is 1. The van der Waals surface area contributed by atoms with Crippen LogP contribution in [0, 0.1) is 11.5 Å². The maximum absolute atomic E-state index is 8.80. The number of hydrogen-bond acceptors (Lipinski definition) is 4. The summed E-state index contributed by atoms with van der Waals surface area (Å²) in [7, 11) is 0. The number of fused-ring (bicyclic) bond motifs is 1. The third kappa shape index (κ3) is 3.19. The Hall–Kier alpha value is -3.39. The molecule has 0 spiro atoms. The van der Waals surface area contributed by atoms with Crippen LogP contribution in [0.15, 0.2) is 72.0 Å². The molecule has 1 heterocycles. The molecular weight excluding hydrogens is 276 g/mol. The second kappa shape index (κ2) is 6.37. The maximum atomic E-state index is 8.80. The number of benzene rings is 2. The highest BCUT2D eigenvalue weighted by Crippen LogP contribution is 2.18. The van der Waals surface area contributed by atoms with Gasteiger partial charge in [-0.15, -0.1) is 4.99 Å². The molecule has 3 aromatic rings. The van der Waals surface area contributed by atoms with Crippen LogP contribution < -0.4 is 10.1 Å². The Bertz CT molecular complexity index is 853. The van der Waals surface area contributed by atoms with Gasteiger partial charge in [-0.2, -0.15) is 5.26 Å². The van der Waals surface area contributed by atoms with Gasteiger partial charge in [0, 0.05) is 23.5 Å². The number of nitrogens with one attached hydrogen (secondary N) is 1. The molecule has 0 atom stereocenters. The summed E-state index contributed by atoms with van der Waals surface area (Å²) >= 11 is 0. The summed E-state index contributed by atoms with van der Waals surface area (Å²) in [5.41, 5.74) is 0.781. The molecule has 0 fully saturated rings. The molecule has 0 amide bonds. The molecule has 0 bridgehead atoms. The average molecular weight is 288 g/mol. The highest BCUT2D eigenvalue weighted by molar-refractivity contribution is 5.94. The molecule has 0 aliphatic heterocycles. The number of anilines is 1. The smallest absolute Gasteiger partial charge is 0.310 e. The van der Waals surface area contributed by atoms with E-state index in [-0.39, 0.29) is 6.02 Å². The zero-order valence-electron chi connectivity index (χ0n) is 11.6. The Balaban J connectivity index is 1.84. The number of pyridine rings is 1. The van der Waals surface area contributed by atoms with Crippen molar-refractivity contribution in [2.75, 3.05) is 5.32 Å². The fourth-order valence-electron chi connectivity index (χ4n) is 2.01. The quantitative estimate of drug-likeness (QED) is 0.444. The van der Waals surface area contributed by atoms with Crippen LogP contribution in [-0.4, -0.2) is 11.0 Å². The monoisotopic (exact) mass is 288 g/mol. The van der Waals surface area contributed by atoms with Crippen LogP contribution in [0.2, 0.25) is 0 Å². The maximum Gasteiger partial charge on any atom is 0.310 e. The zero-order chi connectivity index (χ0) is 15.2. The molecule has 0 aliphatic rings. The number of rotatable bonds is 2. The molecule has 0 radical (unpaired) electrons. The molecule has 1 aromatic heterocycles. The van der Waals surface area contributed by atoms with E-state index < -0.39 is 0 Å². The number of ether oxygens (including phenoxy) is 1. The summed E-state index contributed by atoms with van der Waals surface area (Å²) in [4.78, 5) is 7.75. The van der Waals surface area contributed by atoms with Crippen molar-refractivity contribution in [3.8, 4) is 11.9 Å². The first kappa shape index (κ1) is 13.6. The van der Waals surface area contributed by atoms with E-state index in [9.17, 15) is 0 Å². The van der Waals surface area contributed by atoms with E-state index in [1.54, 1.807) is 30.7 Å². The predicted molar refractivity (Wildman–Crippen MR) is 85.5 cm³/mol. The van der Waals surface area contributed by atoms with Crippen molar-refractivity contribution in [3.05, 3.63) is 67.0 Å². The Morgan fingerprint density at radius 2 is 1.95 bits per heavy atom. The SMILES string of the molecule is N#C/N=C(/Nc1ccc2cnccc2c1)Oc1ccccc1. The van der Waals surface area contributed by atoms with Gasteiger partial charge in [0.25, 0.3) is 0 Å². The van der Waals surface area contributed by atoms with Crippen LogP contribution in [0.4, 0.5) is 5.69 Å². The van der Waals surface area contributed by atoms with E-state index in [2.05, 4.69) is 15.3 Å². The number of aromatic nitrogens is 1. The first-order valence-electron chi connectivity index (χ1n) is 6.65. The van der Waals surface area contributed by atoms with Crippen LogP contribution in [-0.2, 0) is 0 Å². The van der Waals surface area contributed by atoms with Gasteiger partial charge >= 0.3 is 6.02 Å². The lowest BCUT2D eigenvalue weighted by atomic mass is 10.1. The van der Waals surface area contributed by atoms with Crippen LogP contribution >= 0.6 is 0 Å². The third-order valence-electron chi connectivity index (χ3n) is 3.00. The van der Waals surface area contributed by atoms with Crippen LogP contribution in [0.3, 0.4) is 0 Å². The first-order chi connectivity index (χ1) is 10.8. The minimum Gasteiger partial charge on any atom is -0.425 e. The number of para-hydroxylation sites is 1. The molecule has 1 N–H and O–H groups in total. The van der Waals surface area contributed by atoms with E-state index in [0.717, 1.165) is 16.5 Å². The summed E-state index contributed by atoms with van der Waals surface area (Å²) in [6.45, 7) is 0. The molecule has 3 rings (SSSR count). The van der Waals surface area contributed by atoms with Crippen molar-refractivity contribution in [1.82, 2.24) is 4.98 Å². The lowest BCUT2D eigenvalue weighted by molar-refractivity contribution is 0.549. The Labute approximate surface area is 127 Å². The normalized spacial score (nSPS) is 11.0. The van der Waals surface area contributed by atoms with E-state index in [1.807, 2.05) is 42.5 Å². The van der Waals surface area contributed by atoms with E-state index in [4.69, 9.17) is 10.00 Å². The van der Waals surface area contributed by atoms with E-state index >= 15 is 0 Å². The van der Waals surface area contributed by atoms with Gasteiger partial charge in [-0.3, -0.25) is 4.98 Å². The van der Waals surface area contributed by atoms with Crippen molar-refractivity contribution >= 4 is 22.5 Å². The van der Waals surface area contributed by atoms with Gasteiger partial charge in [-0.05, 0) is 35.7 Å². The lowest BCUT2D eigenvalue weighted by Gasteiger charge is -2.10. The molecule has 0 saturated heterocycles. The molecule has 5 heteroatoms. The van der Waals surface area contributed by atoms with Crippen molar-refractivity contribution in [1.29, 1.82) is 5.26 Å². The van der Waals surface area contributed by atoms with Gasteiger partial charge in [0.1, 0.15) is 5.75 Å². The molecule has 2 aromatic carbocycles. The minimum absolute atomic E-state index is 0.127. The van der Waals surface area contributed by atoms with Gasteiger partial charge < -0.3 is 10.1 Å². The topological polar surface area (TPSA) is 70.3 Å². The molecule has 5 nitrogen and oxygen atoms in total. The van der Waals surface area contributed by atoms with Crippen LogP contribution in [0.25, 0.3) is 10.8 Å². The average Bonchev–Trinajstić information content (AvgIpc) is 2.56. The highest BCUT2D eigenvalue weighted by atomic mass is 16.5. The second-order valence-electron chi connectivity index (χ2n) is 4.49. The molecular formula is C17H12N4O. The van der Waals surface area contributed by atoms with Crippen molar-refractivity contribution in [2.45, 2.75) is 0 Å². The Kier molecular flexibility index (Phi) is 3.94. The highest BCUT2D eigenvalue weighted by Gasteiger charge is 2.04. The van der Waals surface area contributed by atoms with Gasteiger partial charge in [0.2, 0.25) is 6.19 Å². The summed E-state index contributed by atoms with van der Waals surface area (Å²) in [6.07, 6.45) is 5.26. The van der Waals surface area contributed by atoms with Gasteiger partial charge in [-0.1, -0.05) is 24.3 Å². The molecule has 0 aliphatic carbocycles. The number of hydrogen-bond donors (Lipinski definition) is 1. The molecule has 0 saturated carbocycles. The van der Waals surface area contributed by atoms with Crippen molar-refractivity contribution in [3.63, 3.8) is 0 Å². The number of nitriles is 1. The first-order valence-corrected chi connectivity index (χ1v) is 6.65. The Morgan fingerprint density at radius 1 is 1.09 bits per heavy atom. The Morgan fingerprint density at radius 3 is 2.77 bits per heavy atom. The summed E-state index contributed by atoms with van der Waals surface area (Å²) < 4.78 is 5.57. The van der Waals surface area contributed by atoms with E-state index in [1.165, 1.54) is 0 Å². The van der Waals surface area contributed by atoms with Crippen molar-refractivity contribution < 1.29 is 4.74 Å². The van der Waals surface area contributed by atoms with Crippen LogP contribution in [0.1, 0.15) is 0 Å². The van der Waals surface area contributed by atoms with Gasteiger partial charge in [-0.25, -0.2) is 0 Å². The van der Waals surface area contributed by atoms with Crippen molar-refractivity contribution in [2.24, 2.45) is 4.99 Å². The predicted octanol–water partition coefficient (Wildman–Crippen LogP) is 3.56. The van der Waals surface area contributed by atoms with Gasteiger partial charge in [0.15, 0.2) is 0 Å². The molecule has 0 unspecified atom stereocenters. The lowest BCUT2D eigenvalue weighted by Crippen LogP contribution is -2.19. The number of nitrogens with zero attached hydrogens (tertiary/aromatic N) is 3. The zero-order valence-corrected chi connectivity index (χ0v) is 11.6. The fraction of sp³-hybridized carbons (Fsp3) is 0. The van der Waals surface area contributed by atoms with Gasteiger partial charge in [0.05, 0.1) is 0 Å².